The molecule has 0 amide bonds. The van der Waals surface area contributed by atoms with Gasteiger partial charge in [0.1, 0.15) is 12.4 Å². The molecule has 2 rings (SSSR count). The molecule has 0 radical (unpaired) electrons. The Morgan fingerprint density at radius 3 is 2.61 bits per heavy atom. The molecule has 18 heavy (non-hydrogen) atoms. The van der Waals surface area contributed by atoms with Crippen LogP contribution in [-0.2, 0) is 17.9 Å². The molecule has 1 saturated carbocycles. The van der Waals surface area contributed by atoms with E-state index in [-0.39, 0.29) is 6.61 Å². The third kappa shape index (κ3) is 2.90. The van der Waals surface area contributed by atoms with Crippen molar-refractivity contribution >= 4 is 0 Å². The van der Waals surface area contributed by atoms with Gasteiger partial charge in [0.15, 0.2) is 5.82 Å². The lowest BCUT2D eigenvalue weighted by Crippen LogP contribution is -2.18. The molecule has 0 aromatic carbocycles. The van der Waals surface area contributed by atoms with E-state index in [1.807, 2.05) is 4.57 Å². The SMILES string of the molecule is COCCn1c(CO)nnc1C1CCC(C)CC1. The fourth-order valence-electron chi connectivity index (χ4n) is 2.71. The van der Waals surface area contributed by atoms with Crippen molar-refractivity contribution in [2.45, 2.75) is 51.7 Å². The molecule has 5 nitrogen and oxygen atoms in total. The fraction of sp³-hybridized carbons (Fsp3) is 0.846. The zero-order valence-electron chi connectivity index (χ0n) is 11.3. The van der Waals surface area contributed by atoms with Crippen LogP contribution >= 0.6 is 0 Å². The van der Waals surface area contributed by atoms with E-state index < -0.39 is 0 Å². The zero-order valence-corrected chi connectivity index (χ0v) is 11.3. The van der Waals surface area contributed by atoms with E-state index >= 15 is 0 Å². The molecule has 1 aliphatic carbocycles. The predicted molar refractivity (Wildman–Crippen MR) is 68.2 cm³/mol. The molecule has 0 atom stereocenters. The molecular weight excluding hydrogens is 230 g/mol. The Labute approximate surface area is 108 Å². The van der Waals surface area contributed by atoms with Gasteiger partial charge in [0.25, 0.3) is 0 Å². The van der Waals surface area contributed by atoms with Gasteiger partial charge in [0, 0.05) is 19.6 Å². The van der Waals surface area contributed by atoms with Gasteiger partial charge < -0.3 is 14.4 Å². The van der Waals surface area contributed by atoms with Gasteiger partial charge in [-0.3, -0.25) is 0 Å². The summed E-state index contributed by atoms with van der Waals surface area (Å²) in [7, 11) is 1.69. The molecule has 0 aliphatic heterocycles. The number of methoxy groups -OCH3 is 1. The molecule has 5 heteroatoms. The largest absolute Gasteiger partial charge is 0.388 e. The highest BCUT2D eigenvalue weighted by molar-refractivity contribution is 5.03. The quantitative estimate of drug-likeness (QED) is 0.868. The number of aliphatic hydroxyl groups excluding tert-OH is 1. The summed E-state index contributed by atoms with van der Waals surface area (Å²) in [5, 5.41) is 17.7. The second-order valence-electron chi connectivity index (χ2n) is 5.23. The van der Waals surface area contributed by atoms with Crippen LogP contribution in [0.15, 0.2) is 0 Å². The molecular formula is C13H23N3O2. The van der Waals surface area contributed by atoms with Gasteiger partial charge in [-0.15, -0.1) is 10.2 Å². The van der Waals surface area contributed by atoms with Crippen LogP contribution in [-0.4, -0.2) is 33.6 Å². The second kappa shape index (κ2) is 6.29. The average molecular weight is 253 g/mol. The third-order valence-electron chi connectivity index (χ3n) is 3.90. The van der Waals surface area contributed by atoms with Crippen molar-refractivity contribution in [3.63, 3.8) is 0 Å². The van der Waals surface area contributed by atoms with Crippen molar-refractivity contribution in [2.75, 3.05) is 13.7 Å². The van der Waals surface area contributed by atoms with Gasteiger partial charge in [0.2, 0.25) is 0 Å². The first-order valence-corrected chi connectivity index (χ1v) is 6.78. The Hall–Kier alpha value is -0.940. The lowest BCUT2D eigenvalue weighted by atomic mass is 9.82. The first kappa shape index (κ1) is 13.5. The minimum atomic E-state index is -0.0557. The minimum Gasteiger partial charge on any atom is -0.388 e. The van der Waals surface area contributed by atoms with E-state index in [2.05, 4.69) is 17.1 Å². The smallest absolute Gasteiger partial charge is 0.158 e. The molecule has 1 fully saturated rings. The molecule has 0 saturated heterocycles. The Bertz CT molecular complexity index is 370. The minimum absolute atomic E-state index is 0.0557. The van der Waals surface area contributed by atoms with E-state index in [0.29, 0.717) is 18.3 Å². The molecule has 1 aliphatic rings. The van der Waals surface area contributed by atoms with Gasteiger partial charge in [-0.05, 0) is 18.8 Å². The highest BCUT2D eigenvalue weighted by Crippen LogP contribution is 2.34. The molecule has 1 heterocycles. The molecule has 1 aromatic rings. The monoisotopic (exact) mass is 253 g/mol. The highest BCUT2D eigenvalue weighted by Gasteiger charge is 2.25. The third-order valence-corrected chi connectivity index (χ3v) is 3.90. The van der Waals surface area contributed by atoms with Crippen LogP contribution in [0.3, 0.4) is 0 Å². The molecule has 0 bridgehead atoms. The summed E-state index contributed by atoms with van der Waals surface area (Å²) in [5.74, 6) is 3.00. The average Bonchev–Trinajstić information content (AvgIpc) is 2.80. The summed E-state index contributed by atoms with van der Waals surface area (Å²) in [6.45, 7) is 3.60. The van der Waals surface area contributed by atoms with Crippen molar-refractivity contribution in [3.8, 4) is 0 Å². The Kier molecular flexibility index (Phi) is 4.72. The first-order valence-electron chi connectivity index (χ1n) is 6.78. The highest BCUT2D eigenvalue weighted by atomic mass is 16.5. The van der Waals surface area contributed by atoms with E-state index in [0.717, 1.165) is 18.3 Å². The maximum Gasteiger partial charge on any atom is 0.158 e. The number of aliphatic hydroxyl groups is 1. The summed E-state index contributed by atoms with van der Waals surface area (Å²) in [5.41, 5.74) is 0. The lowest BCUT2D eigenvalue weighted by molar-refractivity contribution is 0.180. The van der Waals surface area contributed by atoms with E-state index in [1.165, 1.54) is 25.7 Å². The summed E-state index contributed by atoms with van der Waals surface area (Å²) in [4.78, 5) is 0. The first-order chi connectivity index (χ1) is 8.76. The lowest BCUT2D eigenvalue weighted by Gasteiger charge is -2.26. The van der Waals surface area contributed by atoms with Crippen LogP contribution in [0.5, 0.6) is 0 Å². The molecule has 1 aromatic heterocycles. The van der Waals surface area contributed by atoms with Crippen LogP contribution < -0.4 is 0 Å². The van der Waals surface area contributed by atoms with Gasteiger partial charge >= 0.3 is 0 Å². The summed E-state index contributed by atoms with van der Waals surface area (Å²) in [6.07, 6.45) is 4.88. The topological polar surface area (TPSA) is 60.2 Å². The summed E-state index contributed by atoms with van der Waals surface area (Å²) in [6, 6.07) is 0. The van der Waals surface area contributed by atoms with Crippen LogP contribution in [0.2, 0.25) is 0 Å². The summed E-state index contributed by atoms with van der Waals surface area (Å²) >= 11 is 0. The van der Waals surface area contributed by atoms with Crippen molar-refractivity contribution in [1.82, 2.24) is 14.8 Å². The van der Waals surface area contributed by atoms with Crippen molar-refractivity contribution in [1.29, 1.82) is 0 Å². The Balaban J connectivity index is 2.13. The molecule has 0 spiro atoms. The molecule has 1 N–H and O–H groups in total. The van der Waals surface area contributed by atoms with Gasteiger partial charge in [-0.25, -0.2) is 0 Å². The normalized spacial score (nSPS) is 24.4. The molecule has 0 unspecified atom stereocenters. The van der Waals surface area contributed by atoms with Crippen LogP contribution in [0.4, 0.5) is 0 Å². The fourth-order valence-corrected chi connectivity index (χ4v) is 2.71. The maximum atomic E-state index is 9.31. The van der Waals surface area contributed by atoms with Crippen LogP contribution in [0.1, 0.15) is 50.2 Å². The van der Waals surface area contributed by atoms with E-state index in [4.69, 9.17) is 4.74 Å². The Morgan fingerprint density at radius 1 is 1.28 bits per heavy atom. The van der Waals surface area contributed by atoms with Crippen molar-refractivity contribution < 1.29 is 9.84 Å². The second-order valence-corrected chi connectivity index (χ2v) is 5.23. The molecule has 102 valence electrons. The van der Waals surface area contributed by atoms with Crippen LogP contribution in [0, 0.1) is 5.92 Å². The number of hydrogen-bond acceptors (Lipinski definition) is 4. The predicted octanol–water partition coefficient (Wildman–Crippen LogP) is 1.71. The van der Waals surface area contributed by atoms with Crippen molar-refractivity contribution in [2.24, 2.45) is 5.92 Å². The van der Waals surface area contributed by atoms with Gasteiger partial charge in [0.05, 0.1) is 6.61 Å². The van der Waals surface area contributed by atoms with Crippen molar-refractivity contribution in [3.05, 3.63) is 11.6 Å². The zero-order chi connectivity index (χ0) is 13.0. The number of aromatic nitrogens is 3. The maximum absolute atomic E-state index is 9.31. The number of rotatable bonds is 5. The van der Waals surface area contributed by atoms with E-state index in [1.54, 1.807) is 7.11 Å². The number of ether oxygens (including phenoxy) is 1. The van der Waals surface area contributed by atoms with Crippen LogP contribution in [0.25, 0.3) is 0 Å². The summed E-state index contributed by atoms with van der Waals surface area (Å²) < 4.78 is 7.15. The Morgan fingerprint density at radius 2 is 2.00 bits per heavy atom. The van der Waals surface area contributed by atoms with E-state index in [9.17, 15) is 5.11 Å². The van der Waals surface area contributed by atoms with Gasteiger partial charge in [-0.1, -0.05) is 19.8 Å². The number of nitrogens with zero attached hydrogens (tertiary/aromatic N) is 3. The standard InChI is InChI=1S/C13H23N3O2/c1-10-3-5-11(6-4-10)13-15-14-12(9-17)16(13)7-8-18-2/h10-11,17H,3-9H2,1-2H3. The number of hydrogen-bond donors (Lipinski definition) is 1. The van der Waals surface area contributed by atoms with Gasteiger partial charge in [-0.2, -0.15) is 0 Å².